The molecule has 2 N–H and O–H groups in total. The molecule has 0 aliphatic heterocycles. The summed E-state index contributed by atoms with van der Waals surface area (Å²) < 4.78 is 0. The molecule has 5 nitrogen and oxygen atoms in total. The first-order valence-electron chi connectivity index (χ1n) is 5.40. The Hall–Kier alpha value is -1.64. The largest absolute Gasteiger partial charge is 0.387 e. The molecular formula is C12H18N4O. The molecule has 0 amide bonds. The van der Waals surface area contributed by atoms with Gasteiger partial charge in [-0.1, -0.05) is 0 Å². The number of rotatable bonds is 5. The molecule has 0 spiro atoms. The number of nitrogens with zero attached hydrogens (tertiary/aromatic N) is 3. The molecule has 1 heterocycles. The number of anilines is 1. The molecule has 0 radical (unpaired) electrons. The van der Waals surface area contributed by atoms with Gasteiger partial charge in [0.05, 0.1) is 23.0 Å². The Bertz CT molecular complexity index is 409. The van der Waals surface area contributed by atoms with E-state index >= 15 is 0 Å². The predicted molar refractivity (Wildman–Crippen MR) is 66.6 cm³/mol. The zero-order chi connectivity index (χ0) is 12.9. The van der Waals surface area contributed by atoms with Gasteiger partial charge < -0.3 is 15.3 Å². The van der Waals surface area contributed by atoms with Crippen molar-refractivity contribution in [1.29, 1.82) is 5.26 Å². The third-order valence-electron chi connectivity index (χ3n) is 2.26. The van der Waals surface area contributed by atoms with Gasteiger partial charge in [-0.3, -0.25) is 4.98 Å². The van der Waals surface area contributed by atoms with Crippen molar-refractivity contribution >= 4 is 5.69 Å². The van der Waals surface area contributed by atoms with E-state index in [0.717, 1.165) is 0 Å². The van der Waals surface area contributed by atoms with Crippen LogP contribution in [0.5, 0.6) is 0 Å². The number of nitrogens with one attached hydrogen (secondary N) is 1. The predicted octanol–water partition coefficient (Wildman–Crippen LogP) is 0.678. The smallest absolute Gasteiger partial charge is 0.101 e. The van der Waals surface area contributed by atoms with Gasteiger partial charge in [0.15, 0.2) is 0 Å². The molecule has 17 heavy (non-hydrogen) atoms. The maximum Gasteiger partial charge on any atom is 0.101 e. The van der Waals surface area contributed by atoms with Crippen LogP contribution in [-0.4, -0.2) is 47.8 Å². The van der Waals surface area contributed by atoms with Crippen LogP contribution < -0.4 is 5.32 Å². The van der Waals surface area contributed by atoms with Gasteiger partial charge in [0.25, 0.3) is 0 Å². The van der Waals surface area contributed by atoms with E-state index < -0.39 is 5.60 Å². The van der Waals surface area contributed by atoms with Gasteiger partial charge in [-0.2, -0.15) is 5.26 Å². The molecule has 0 fully saturated rings. The first-order valence-corrected chi connectivity index (χ1v) is 5.40. The van der Waals surface area contributed by atoms with Crippen molar-refractivity contribution < 1.29 is 5.11 Å². The highest BCUT2D eigenvalue weighted by Crippen LogP contribution is 2.14. The van der Waals surface area contributed by atoms with E-state index in [1.807, 2.05) is 19.0 Å². The van der Waals surface area contributed by atoms with Gasteiger partial charge in [0, 0.05) is 19.3 Å². The molecule has 0 bridgehead atoms. The molecule has 0 aliphatic rings. The summed E-state index contributed by atoms with van der Waals surface area (Å²) in [4.78, 5) is 5.86. The van der Waals surface area contributed by atoms with Crippen LogP contribution in [0.2, 0.25) is 0 Å². The first-order chi connectivity index (χ1) is 7.94. The number of hydrogen-bond acceptors (Lipinski definition) is 5. The molecule has 0 saturated heterocycles. The third kappa shape index (κ3) is 4.39. The second-order valence-corrected chi connectivity index (χ2v) is 4.62. The summed E-state index contributed by atoms with van der Waals surface area (Å²) in [5.74, 6) is 0. The Balaban J connectivity index is 2.64. The number of aliphatic hydroxyl groups is 1. The average Bonchev–Trinajstić information content (AvgIpc) is 2.25. The van der Waals surface area contributed by atoms with Crippen molar-refractivity contribution in [3.05, 3.63) is 24.0 Å². The van der Waals surface area contributed by atoms with E-state index in [0.29, 0.717) is 24.3 Å². The third-order valence-corrected chi connectivity index (χ3v) is 2.26. The van der Waals surface area contributed by atoms with Crippen molar-refractivity contribution in [2.45, 2.75) is 12.5 Å². The van der Waals surface area contributed by atoms with E-state index in [1.165, 1.54) is 0 Å². The summed E-state index contributed by atoms with van der Waals surface area (Å²) in [5.41, 5.74) is 0.321. The lowest BCUT2D eigenvalue weighted by atomic mass is 10.1. The standard InChI is InChI=1S/C12H18N4O/c1-12(17,9-16(2)3)8-15-11-7-14-5-4-10(11)6-13/h4-5,7,15,17H,8-9H2,1-3H3. The number of nitriles is 1. The molecule has 1 unspecified atom stereocenters. The quantitative estimate of drug-likeness (QED) is 0.783. The maximum atomic E-state index is 10.1. The molecule has 1 rings (SSSR count). The van der Waals surface area contributed by atoms with Crippen LogP contribution in [0.4, 0.5) is 5.69 Å². The Morgan fingerprint density at radius 1 is 1.59 bits per heavy atom. The minimum Gasteiger partial charge on any atom is -0.387 e. The van der Waals surface area contributed by atoms with E-state index in [-0.39, 0.29) is 0 Å². The minimum atomic E-state index is -0.855. The molecule has 92 valence electrons. The van der Waals surface area contributed by atoms with Crippen molar-refractivity contribution in [3.8, 4) is 6.07 Å². The summed E-state index contributed by atoms with van der Waals surface area (Å²) >= 11 is 0. The Morgan fingerprint density at radius 3 is 2.88 bits per heavy atom. The van der Waals surface area contributed by atoms with Crippen LogP contribution in [0.25, 0.3) is 0 Å². The van der Waals surface area contributed by atoms with E-state index in [9.17, 15) is 5.11 Å². The highest BCUT2D eigenvalue weighted by atomic mass is 16.3. The lowest BCUT2D eigenvalue weighted by Gasteiger charge is -2.27. The second kappa shape index (κ2) is 5.62. The van der Waals surface area contributed by atoms with E-state index in [2.05, 4.69) is 16.4 Å². The van der Waals surface area contributed by atoms with Crippen molar-refractivity contribution in [2.24, 2.45) is 0 Å². The molecule has 1 aromatic heterocycles. The fourth-order valence-electron chi connectivity index (χ4n) is 1.66. The van der Waals surface area contributed by atoms with Gasteiger partial charge in [0.1, 0.15) is 6.07 Å². The van der Waals surface area contributed by atoms with Crippen molar-refractivity contribution in [2.75, 3.05) is 32.5 Å². The van der Waals surface area contributed by atoms with E-state index in [1.54, 1.807) is 25.4 Å². The fraction of sp³-hybridized carbons (Fsp3) is 0.500. The van der Waals surface area contributed by atoms with Crippen molar-refractivity contribution in [3.63, 3.8) is 0 Å². The van der Waals surface area contributed by atoms with Crippen molar-refractivity contribution in [1.82, 2.24) is 9.88 Å². The van der Waals surface area contributed by atoms with Gasteiger partial charge in [-0.05, 0) is 27.1 Å². The normalized spacial score (nSPS) is 14.1. The lowest BCUT2D eigenvalue weighted by molar-refractivity contribution is 0.0460. The monoisotopic (exact) mass is 234 g/mol. The highest BCUT2D eigenvalue weighted by molar-refractivity contribution is 5.55. The molecule has 0 aliphatic carbocycles. The summed E-state index contributed by atoms with van der Waals surface area (Å²) in [7, 11) is 3.80. The fourth-order valence-corrected chi connectivity index (χ4v) is 1.66. The first kappa shape index (κ1) is 13.4. The topological polar surface area (TPSA) is 72.2 Å². The van der Waals surface area contributed by atoms with Crippen LogP contribution in [0.1, 0.15) is 12.5 Å². The lowest BCUT2D eigenvalue weighted by Crippen LogP contribution is -2.43. The molecular weight excluding hydrogens is 216 g/mol. The number of pyridine rings is 1. The summed E-state index contributed by atoms with van der Waals surface area (Å²) in [6.07, 6.45) is 3.16. The number of likely N-dealkylation sites (N-methyl/N-ethyl adjacent to an activating group) is 1. The number of hydrogen-bond donors (Lipinski definition) is 2. The summed E-state index contributed by atoms with van der Waals surface area (Å²) in [6.45, 7) is 2.66. The summed E-state index contributed by atoms with van der Waals surface area (Å²) in [6, 6.07) is 3.72. The average molecular weight is 234 g/mol. The zero-order valence-electron chi connectivity index (χ0n) is 10.4. The highest BCUT2D eigenvalue weighted by Gasteiger charge is 2.21. The zero-order valence-corrected chi connectivity index (χ0v) is 10.4. The minimum absolute atomic E-state index is 0.367. The van der Waals surface area contributed by atoms with Crippen LogP contribution in [0.3, 0.4) is 0 Å². The molecule has 0 aromatic carbocycles. The van der Waals surface area contributed by atoms with Gasteiger partial charge in [-0.25, -0.2) is 0 Å². The molecule has 1 aromatic rings. The van der Waals surface area contributed by atoms with Crippen LogP contribution in [0.15, 0.2) is 18.5 Å². The second-order valence-electron chi connectivity index (χ2n) is 4.62. The van der Waals surface area contributed by atoms with Gasteiger partial charge in [-0.15, -0.1) is 0 Å². The molecule has 1 atom stereocenters. The molecule has 5 heteroatoms. The van der Waals surface area contributed by atoms with Crippen LogP contribution >= 0.6 is 0 Å². The Kier molecular flexibility index (Phi) is 4.44. The Morgan fingerprint density at radius 2 is 2.29 bits per heavy atom. The number of aromatic nitrogens is 1. The summed E-state index contributed by atoms with van der Waals surface area (Å²) in [5, 5.41) is 22.1. The van der Waals surface area contributed by atoms with Gasteiger partial charge in [0.2, 0.25) is 0 Å². The molecule has 0 saturated carbocycles. The Labute approximate surface area is 102 Å². The SMILES string of the molecule is CN(C)CC(C)(O)CNc1cnccc1C#N. The van der Waals surface area contributed by atoms with E-state index in [4.69, 9.17) is 5.26 Å². The maximum absolute atomic E-state index is 10.1. The van der Waals surface area contributed by atoms with Crippen LogP contribution in [-0.2, 0) is 0 Å². The van der Waals surface area contributed by atoms with Gasteiger partial charge >= 0.3 is 0 Å². The van der Waals surface area contributed by atoms with Crippen LogP contribution in [0, 0.1) is 11.3 Å².